The van der Waals surface area contributed by atoms with Gasteiger partial charge in [-0.05, 0) is 50.2 Å². The lowest BCUT2D eigenvalue weighted by Gasteiger charge is -2.27. The fraction of sp³-hybridized carbons (Fsp3) is 0.167. The lowest BCUT2D eigenvalue weighted by atomic mass is 10.0. The molecule has 0 fully saturated rings. The van der Waals surface area contributed by atoms with E-state index < -0.39 is 0 Å². The molecule has 26 heavy (non-hydrogen) atoms. The van der Waals surface area contributed by atoms with Crippen LogP contribution in [0.1, 0.15) is 22.7 Å². The average Bonchev–Trinajstić information content (AvgIpc) is 3.24. The molecule has 1 atom stereocenters. The van der Waals surface area contributed by atoms with E-state index in [1.54, 1.807) is 40.3 Å². The fourth-order valence-electron chi connectivity index (χ4n) is 2.98. The van der Waals surface area contributed by atoms with E-state index >= 15 is 0 Å². The summed E-state index contributed by atoms with van der Waals surface area (Å²) in [4.78, 5) is 19.5. The number of nitrogens with one attached hydrogen (secondary N) is 2. The van der Waals surface area contributed by atoms with E-state index in [0.29, 0.717) is 22.2 Å². The SMILES string of the molecule is CC1=C(C(=O)Nc2ccc(Cl)cc2)[C@@H](c2ccc(C)s2)n2ncnc2N1. The van der Waals surface area contributed by atoms with E-state index in [9.17, 15) is 4.79 Å². The molecule has 3 aromatic rings. The first kappa shape index (κ1) is 16.8. The maximum atomic E-state index is 13.1. The third-order valence-electron chi connectivity index (χ3n) is 4.17. The molecule has 6 nitrogen and oxygen atoms in total. The molecular formula is C18H16ClN5OS. The number of halogens is 1. The zero-order chi connectivity index (χ0) is 18.3. The highest BCUT2D eigenvalue weighted by Gasteiger charge is 2.34. The van der Waals surface area contributed by atoms with Crippen molar-refractivity contribution in [3.63, 3.8) is 0 Å². The Morgan fingerprint density at radius 2 is 2.00 bits per heavy atom. The minimum absolute atomic E-state index is 0.186. The van der Waals surface area contributed by atoms with Crippen molar-refractivity contribution < 1.29 is 4.79 Å². The topological polar surface area (TPSA) is 71.8 Å². The van der Waals surface area contributed by atoms with Gasteiger partial charge in [-0.2, -0.15) is 10.1 Å². The number of nitrogens with zero attached hydrogens (tertiary/aromatic N) is 3. The van der Waals surface area contributed by atoms with E-state index in [-0.39, 0.29) is 11.9 Å². The summed E-state index contributed by atoms with van der Waals surface area (Å²) in [6.45, 7) is 3.92. The normalized spacial score (nSPS) is 16.2. The number of hydrogen-bond donors (Lipinski definition) is 2. The molecule has 2 N–H and O–H groups in total. The summed E-state index contributed by atoms with van der Waals surface area (Å²) in [5.41, 5.74) is 2.05. The number of benzene rings is 1. The highest BCUT2D eigenvalue weighted by Crippen LogP contribution is 2.38. The molecule has 1 aliphatic rings. The molecule has 1 aliphatic heterocycles. The summed E-state index contributed by atoms with van der Waals surface area (Å²) in [7, 11) is 0. The molecule has 0 radical (unpaired) electrons. The van der Waals surface area contributed by atoms with Crippen LogP contribution in [0, 0.1) is 6.92 Å². The molecule has 0 bridgehead atoms. The van der Waals surface area contributed by atoms with Gasteiger partial charge >= 0.3 is 0 Å². The predicted molar refractivity (Wildman–Crippen MR) is 104 cm³/mol. The predicted octanol–water partition coefficient (Wildman–Crippen LogP) is 4.23. The molecule has 3 heterocycles. The minimum atomic E-state index is -0.320. The number of hydrogen-bond acceptors (Lipinski definition) is 5. The quantitative estimate of drug-likeness (QED) is 0.707. The summed E-state index contributed by atoms with van der Waals surface area (Å²) in [6.07, 6.45) is 1.49. The molecule has 0 unspecified atom stereocenters. The summed E-state index contributed by atoms with van der Waals surface area (Å²) < 4.78 is 1.75. The Kier molecular flexibility index (Phi) is 4.26. The number of carbonyl (C=O) groups excluding carboxylic acids is 1. The number of aryl methyl sites for hydroxylation is 1. The number of amides is 1. The standard InChI is InChI=1S/C18H16ClN5OS/c1-10-3-8-14(26-10)16-15(11(2)22-18-20-9-21-24(16)18)17(25)23-13-6-4-12(19)5-7-13/h3-9,16H,1-2H3,(H,23,25)(H,20,21,22)/t16-/m1/s1. The van der Waals surface area contributed by atoms with E-state index in [2.05, 4.69) is 20.7 Å². The molecular weight excluding hydrogens is 370 g/mol. The van der Waals surface area contributed by atoms with Gasteiger partial charge in [0, 0.05) is 26.2 Å². The van der Waals surface area contributed by atoms with Crippen molar-refractivity contribution in [2.45, 2.75) is 19.9 Å². The van der Waals surface area contributed by atoms with Crippen LogP contribution < -0.4 is 10.6 Å². The monoisotopic (exact) mass is 385 g/mol. The van der Waals surface area contributed by atoms with Crippen LogP contribution in [0.25, 0.3) is 0 Å². The molecule has 0 saturated carbocycles. The van der Waals surface area contributed by atoms with Crippen LogP contribution in [0.15, 0.2) is 54.0 Å². The van der Waals surface area contributed by atoms with Crippen molar-refractivity contribution >= 4 is 40.5 Å². The van der Waals surface area contributed by atoms with Gasteiger partial charge in [-0.3, -0.25) is 4.79 Å². The van der Waals surface area contributed by atoms with Gasteiger partial charge in [0.2, 0.25) is 5.95 Å². The van der Waals surface area contributed by atoms with Crippen molar-refractivity contribution in [3.8, 4) is 0 Å². The van der Waals surface area contributed by atoms with Crippen LogP contribution in [0.2, 0.25) is 5.02 Å². The maximum absolute atomic E-state index is 13.1. The third kappa shape index (κ3) is 3.00. The van der Waals surface area contributed by atoms with Gasteiger partial charge in [-0.1, -0.05) is 11.6 Å². The van der Waals surface area contributed by atoms with Crippen LogP contribution >= 0.6 is 22.9 Å². The number of rotatable bonds is 3. The Morgan fingerprint density at radius 3 is 2.69 bits per heavy atom. The molecule has 4 rings (SSSR count). The summed E-state index contributed by atoms with van der Waals surface area (Å²) in [6, 6.07) is 10.8. The van der Waals surface area contributed by atoms with Crippen molar-refractivity contribution in [1.82, 2.24) is 14.8 Å². The van der Waals surface area contributed by atoms with E-state index in [4.69, 9.17) is 11.6 Å². The Morgan fingerprint density at radius 1 is 1.23 bits per heavy atom. The van der Waals surface area contributed by atoms with Crippen molar-refractivity contribution in [2.24, 2.45) is 0 Å². The second-order valence-corrected chi connectivity index (χ2v) is 7.76. The largest absolute Gasteiger partial charge is 0.328 e. The zero-order valence-electron chi connectivity index (χ0n) is 14.2. The molecule has 1 aromatic carbocycles. The van der Waals surface area contributed by atoms with Crippen LogP contribution in [-0.2, 0) is 4.79 Å². The van der Waals surface area contributed by atoms with Gasteiger partial charge in [0.1, 0.15) is 12.4 Å². The van der Waals surface area contributed by atoms with Gasteiger partial charge in [0.25, 0.3) is 5.91 Å². The van der Waals surface area contributed by atoms with Gasteiger partial charge in [-0.15, -0.1) is 11.3 Å². The van der Waals surface area contributed by atoms with Crippen molar-refractivity contribution in [1.29, 1.82) is 0 Å². The van der Waals surface area contributed by atoms with Gasteiger partial charge in [0.05, 0.1) is 5.57 Å². The Bertz CT molecular complexity index is 1000. The Balaban J connectivity index is 1.74. The number of aromatic nitrogens is 3. The first-order valence-corrected chi connectivity index (χ1v) is 9.23. The molecule has 132 valence electrons. The number of thiophene rings is 1. The van der Waals surface area contributed by atoms with Crippen LogP contribution in [0.3, 0.4) is 0 Å². The van der Waals surface area contributed by atoms with Crippen molar-refractivity contribution in [2.75, 3.05) is 10.6 Å². The molecule has 0 aliphatic carbocycles. The number of allylic oxidation sites excluding steroid dienone is 1. The molecule has 0 saturated heterocycles. The number of carbonyl (C=O) groups is 1. The first-order valence-electron chi connectivity index (χ1n) is 8.03. The van der Waals surface area contributed by atoms with Gasteiger partial charge in [-0.25, -0.2) is 4.68 Å². The summed E-state index contributed by atoms with van der Waals surface area (Å²) in [5, 5.41) is 11.1. The lowest BCUT2D eigenvalue weighted by molar-refractivity contribution is -0.113. The Hall–Kier alpha value is -2.64. The van der Waals surface area contributed by atoms with Crippen LogP contribution in [-0.4, -0.2) is 20.7 Å². The molecule has 1 amide bonds. The second kappa shape index (κ2) is 6.59. The minimum Gasteiger partial charge on any atom is -0.328 e. The first-order chi connectivity index (χ1) is 12.5. The van der Waals surface area contributed by atoms with E-state index in [1.807, 2.05) is 26.0 Å². The molecule has 8 heteroatoms. The molecule has 2 aromatic heterocycles. The van der Waals surface area contributed by atoms with Crippen LogP contribution in [0.5, 0.6) is 0 Å². The number of anilines is 2. The number of fused-ring (bicyclic) bond motifs is 1. The summed E-state index contributed by atoms with van der Waals surface area (Å²) in [5.74, 6) is 0.441. The zero-order valence-corrected chi connectivity index (χ0v) is 15.7. The Labute approximate surface area is 159 Å². The average molecular weight is 386 g/mol. The maximum Gasteiger partial charge on any atom is 0.255 e. The van der Waals surface area contributed by atoms with E-state index in [1.165, 1.54) is 11.2 Å². The highest BCUT2D eigenvalue weighted by atomic mass is 35.5. The summed E-state index contributed by atoms with van der Waals surface area (Å²) >= 11 is 7.56. The van der Waals surface area contributed by atoms with Crippen molar-refractivity contribution in [3.05, 3.63) is 68.8 Å². The molecule has 0 spiro atoms. The van der Waals surface area contributed by atoms with Gasteiger partial charge < -0.3 is 10.6 Å². The third-order valence-corrected chi connectivity index (χ3v) is 5.48. The smallest absolute Gasteiger partial charge is 0.255 e. The fourth-order valence-corrected chi connectivity index (χ4v) is 4.08. The lowest BCUT2D eigenvalue weighted by Crippen LogP contribution is -2.31. The van der Waals surface area contributed by atoms with E-state index in [0.717, 1.165) is 10.6 Å². The van der Waals surface area contributed by atoms with Crippen LogP contribution in [0.4, 0.5) is 11.6 Å². The second-order valence-electron chi connectivity index (χ2n) is 6.00. The van der Waals surface area contributed by atoms with Gasteiger partial charge in [0.15, 0.2) is 0 Å². The highest BCUT2D eigenvalue weighted by molar-refractivity contribution is 7.12.